The van der Waals surface area contributed by atoms with Crippen molar-refractivity contribution in [2.24, 2.45) is 0 Å². The van der Waals surface area contributed by atoms with Gasteiger partial charge in [-0.25, -0.2) is 0 Å². The summed E-state index contributed by atoms with van der Waals surface area (Å²) in [4.78, 5) is 0. The Morgan fingerprint density at radius 2 is 2.00 bits per heavy atom. The highest BCUT2D eigenvalue weighted by Crippen LogP contribution is 2.45. The minimum Gasteiger partial charge on any atom is -0.395 e. The molecule has 1 aliphatic heterocycles. The second-order valence-electron chi connectivity index (χ2n) is 2.36. The van der Waals surface area contributed by atoms with Gasteiger partial charge in [-0.1, -0.05) is 11.6 Å². The largest absolute Gasteiger partial charge is 0.586 e. The molecular formula is C7H2ClF2IO2. The molecule has 1 aliphatic rings. The summed E-state index contributed by atoms with van der Waals surface area (Å²) in [7, 11) is 0. The summed E-state index contributed by atoms with van der Waals surface area (Å²) in [5.74, 6) is 0.0110. The predicted molar refractivity (Wildman–Crippen MR) is 50.4 cm³/mol. The van der Waals surface area contributed by atoms with E-state index < -0.39 is 6.29 Å². The van der Waals surface area contributed by atoms with Crippen LogP contribution in [0, 0.1) is 3.57 Å². The molecule has 0 amide bonds. The first-order valence-electron chi connectivity index (χ1n) is 3.23. The van der Waals surface area contributed by atoms with Gasteiger partial charge in [0.05, 0.1) is 8.59 Å². The summed E-state index contributed by atoms with van der Waals surface area (Å²) in [5, 5.41) is 0.362. The molecule has 0 aliphatic carbocycles. The maximum atomic E-state index is 12.6. The van der Waals surface area contributed by atoms with Crippen LogP contribution in [0.1, 0.15) is 0 Å². The van der Waals surface area contributed by atoms with Crippen LogP contribution in [0.3, 0.4) is 0 Å². The number of ether oxygens (including phenoxy) is 2. The SMILES string of the molecule is FC1(F)Oc2ccc(Cl)c(I)c2O1. The molecule has 0 bridgehead atoms. The molecule has 0 unspecified atom stereocenters. The fraction of sp³-hybridized carbons (Fsp3) is 0.143. The molecule has 1 aromatic rings. The monoisotopic (exact) mass is 318 g/mol. The second-order valence-corrected chi connectivity index (χ2v) is 3.84. The average Bonchev–Trinajstić information content (AvgIpc) is 2.34. The second kappa shape index (κ2) is 2.84. The van der Waals surface area contributed by atoms with Crippen LogP contribution >= 0.6 is 34.2 Å². The topological polar surface area (TPSA) is 18.5 Å². The van der Waals surface area contributed by atoms with Crippen molar-refractivity contribution in [1.29, 1.82) is 0 Å². The standard InChI is InChI=1S/C7H2ClF2IO2/c8-3-1-2-4-6(5(3)11)13-7(9,10)12-4/h1-2H. The van der Waals surface area contributed by atoms with Crippen molar-refractivity contribution in [3.63, 3.8) is 0 Å². The number of hydrogen-bond acceptors (Lipinski definition) is 2. The van der Waals surface area contributed by atoms with Gasteiger partial charge in [-0.3, -0.25) is 0 Å². The fourth-order valence-electron chi connectivity index (χ4n) is 0.957. The average molecular weight is 318 g/mol. The third-order valence-corrected chi connectivity index (χ3v) is 3.17. The number of rotatable bonds is 0. The molecule has 0 spiro atoms. The summed E-state index contributed by atoms with van der Waals surface area (Å²) in [6, 6.07) is 2.83. The van der Waals surface area contributed by atoms with Gasteiger partial charge < -0.3 is 9.47 Å². The Kier molecular flexibility index (Phi) is 2.03. The molecular weight excluding hydrogens is 316 g/mol. The van der Waals surface area contributed by atoms with Gasteiger partial charge in [0.15, 0.2) is 11.5 Å². The Hall–Kier alpha value is -0.300. The van der Waals surface area contributed by atoms with Gasteiger partial charge in [-0.15, -0.1) is 8.78 Å². The normalized spacial score (nSPS) is 17.5. The third kappa shape index (κ3) is 1.54. The van der Waals surface area contributed by atoms with Gasteiger partial charge in [0.25, 0.3) is 0 Å². The van der Waals surface area contributed by atoms with Crippen LogP contribution < -0.4 is 9.47 Å². The summed E-state index contributed by atoms with van der Waals surface area (Å²) in [6.45, 7) is 0. The molecule has 6 heteroatoms. The number of hydrogen-bond donors (Lipinski definition) is 0. The van der Waals surface area contributed by atoms with Crippen LogP contribution in [0.15, 0.2) is 12.1 Å². The first kappa shape index (κ1) is 9.26. The highest BCUT2D eigenvalue weighted by atomic mass is 127. The van der Waals surface area contributed by atoms with E-state index in [2.05, 4.69) is 9.47 Å². The highest BCUT2D eigenvalue weighted by molar-refractivity contribution is 14.1. The molecule has 0 atom stereocenters. The van der Waals surface area contributed by atoms with Gasteiger partial charge in [-0.05, 0) is 34.7 Å². The third-order valence-electron chi connectivity index (χ3n) is 1.46. The van der Waals surface area contributed by atoms with Crippen molar-refractivity contribution >= 4 is 34.2 Å². The maximum Gasteiger partial charge on any atom is 0.586 e. The van der Waals surface area contributed by atoms with E-state index in [1.54, 1.807) is 0 Å². The summed E-state index contributed by atoms with van der Waals surface area (Å²) in [6.07, 6.45) is -3.58. The number of halogens is 4. The Morgan fingerprint density at radius 1 is 1.31 bits per heavy atom. The fourth-order valence-corrected chi connectivity index (χ4v) is 1.66. The zero-order valence-corrected chi connectivity index (χ0v) is 8.90. The smallest absolute Gasteiger partial charge is 0.395 e. The van der Waals surface area contributed by atoms with Crippen LogP contribution in [0.5, 0.6) is 11.5 Å². The lowest BCUT2D eigenvalue weighted by molar-refractivity contribution is -0.287. The maximum absolute atomic E-state index is 12.6. The molecule has 0 radical (unpaired) electrons. The lowest BCUT2D eigenvalue weighted by Gasteiger charge is -2.04. The van der Waals surface area contributed by atoms with Gasteiger partial charge in [-0.2, -0.15) is 0 Å². The molecule has 0 N–H and O–H groups in total. The van der Waals surface area contributed by atoms with E-state index >= 15 is 0 Å². The summed E-state index contributed by atoms with van der Waals surface area (Å²) >= 11 is 7.51. The van der Waals surface area contributed by atoms with Crippen molar-refractivity contribution in [2.45, 2.75) is 6.29 Å². The van der Waals surface area contributed by atoms with E-state index in [0.717, 1.165) is 0 Å². The Balaban J connectivity index is 2.53. The van der Waals surface area contributed by atoms with Crippen LogP contribution in [0.2, 0.25) is 5.02 Å². The van der Waals surface area contributed by atoms with Crippen molar-refractivity contribution < 1.29 is 18.3 Å². The summed E-state index contributed by atoms with van der Waals surface area (Å²) < 4.78 is 34.0. The van der Waals surface area contributed by atoms with Crippen LogP contribution in [-0.2, 0) is 0 Å². The van der Waals surface area contributed by atoms with E-state index in [4.69, 9.17) is 11.6 Å². The molecule has 2 rings (SSSR count). The highest BCUT2D eigenvalue weighted by Gasteiger charge is 2.44. The molecule has 0 aromatic heterocycles. The number of fused-ring (bicyclic) bond motifs is 1. The quantitative estimate of drug-likeness (QED) is 0.684. The zero-order chi connectivity index (χ0) is 9.64. The van der Waals surface area contributed by atoms with E-state index in [0.29, 0.717) is 8.59 Å². The van der Waals surface area contributed by atoms with Crippen molar-refractivity contribution in [2.75, 3.05) is 0 Å². The number of alkyl halides is 2. The van der Waals surface area contributed by atoms with Gasteiger partial charge >= 0.3 is 6.29 Å². The Labute approximate surface area is 90.9 Å². The molecule has 0 saturated heterocycles. The van der Waals surface area contributed by atoms with Gasteiger partial charge in [0.1, 0.15) is 0 Å². The van der Waals surface area contributed by atoms with E-state index in [9.17, 15) is 8.78 Å². The number of benzene rings is 1. The van der Waals surface area contributed by atoms with Crippen LogP contribution in [0.4, 0.5) is 8.78 Å². The first-order valence-corrected chi connectivity index (χ1v) is 4.69. The predicted octanol–water partition coefficient (Wildman–Crippen LogP) is 3.27. The molecule has 70 valence electrons. The molecule has 1 heterocycles. The molecule has 13 heavy (non-hydrogen) atoms. The van der Waals surface area contributed by atoms with E-state index in [1.165, 1.54) is 12.1 Å². The lowest BCUT2D eigenvalue weighted by Crippen LogP contribution is -2.26. The van der Waals surface area contributed by atoms with Crippen LogP contribution in [-0.4, -0.2) is 6.29 Å². The Morgan fingerprint density at radius 3 is 2.69 bits per heavy atom. The van der Waals surface area contributed by atoms with Gasteiger partial charge in [0.2, 0.25) is 0 Å². The zero-order valence-electron chi connectivity index (χ0n) is 5.98. The molecule has 2 nitrogen and oxygen atoms in total. The Bertz CT molecular complexity index is 370. The van der Waals surface area contributed by atoms with Crippen LogP contribution in [0.25, 0.3) is 0 Å². The van der Waals surface area contributed by atoms with E-state index in [-0.39, 0.29) is 11.5 Å². The van der Waals surface area contributed by atoms with Crippen molar-refractivity contribution in [1.82, 2.24) is 0 Å². The summed E-state index contributed by atoms with van der Waals surface area (Å²) in [5.41, 5.74) is 0. The molecule has 0 fully saturated rings. The molecule has 1 aromatic carbocycles. The minimum atomic E-state index is -3.58. The van der Waals surface area contributed by atoms with Gasteiger partial charge in [0, 0.05) is 0 Å². The van der Waals surface area contributed by atoms with Crippen molar-refractivity contribution in [3.05, 3.63) is 20.7 Å². The minimum absolute atomic E-state index is 0.00176. The molecule has 0 saturated carbocycles. The van der Waals surface area contributed by atoms with E-state index in [1.807, 2.05) is 22.6 Å². The lowest BCUT2D eigenvalue weighted by atomic mass is 10.3. The van der Waals surface area contributed by atoms with Crippen molar-refractivity contribution in [3.8, 4) is 11.5 Å². The first-order chi connectivity index (χ1) is 5.99.